The molecule has 1 N–H and O–H groups in total. The van der Waals surface area contributed by atoms with Gasteiger partial charge < -0.3 is 5.11 Å². The molecule has 0 unspecified atom stereocenters. The average Bonchev–Trinajstić information content (AvgIpc) is 2.92. The van der Waals surface area contributed by atoms with Crippen molar-refractivity contribution in [2.45, 2.75) is 32.2 Å². The van der Waals surface area contributed by atoms with Crippen molar-refractivity contribution in [3.8, 4) is 5.75 Å². The van der Waals surface area contributed by atoms with Gasteiger partial charge in [0.1, 0.15) is 5.75 Å². The molecule has 2 aromatic rings. The van der Waals surface area contributed by atoms with Crippen LogP contribution in [0.5, 0.6) is 5.75 Å². The van der Waals surface area contributed by atoms with Crippen molar-refractivity contribution in [2.24, 2.45) is 11.8 Å². The predicted molar refractivity (Wildman–Crippen MR) is 93.5 cm³/mol. The molecule has 0 spiro atoms. The molecule has 0 bridgehead atoms. The van der Waals surface area contributed by atoms with Gasteiger partial charge in [-0.25, -0.2) is 0 Å². The first-order valence-corrected chi connectivity index (χ1v) is 8.71. The second-order valence-corrected chi connectivity index (χ2v) is 7.34. The molecule has 0 aromatic heterocycles. The van der Waals surface area contributed by atoms with Crippen molar-refractivity contribution in [3.63, 3.8) is 0 Å². The number of nitrogens with zero attached hydrogens (tertiary/aromatic N) is 1. The van der Waals surface area contributed by atoms with Gasteiger partial charge in [0, 0.05) is 25.0 Å². The SMILES string of the molecule is CC[C@]1(c2cc(C)cc(O)c2)[C@@H]2CN(Cc3ccccc3)C[C@@H]21. The summed E-state index contributed by atoms with van der Waals surface area (Å²) < 4.78 is 0. The fourth-order valence-electron chi connectivity index (χ4n) is 4.97. The molecule has 3 atom stereocenters. The molecule has 1 heterocycles. The topological polar surface area (TPSA) is 23.5 Å². The summed E-state index contributed by atoms with van der Waals surface area (Å²) in [6, 6.07) is 16.9. The lowest BCUT2D eigenvalue weighted by Crippen LogP contribution is -2.29. The Hall–Kier alpha value is -1.80. The van der Waals surface area contributed by atoms with E-state index in [0.717, 1.165) is 18.4 Å². The molecule has 1 saturated heterocycles. The summed E-state index contributed by atoms with van der Waals surface area (Å²) in [4.78, 5) is 2.59. The molecule has 23 heavy (non-hydrogen) atoms. The average molecular weight is 307 g/mol. The maximum Gasteiger partial charge on any atom is 0.116 e. The molecule has 2 nitrogen and oxygen atoms in total. The highest BCUT2D eigenvalue weighted by Gasteiger charge is 2.67. The fraction of sp³-hybridized carbons (Fsp3) is 0.429. The summed E-state index contributed by atoms with van der Waals surface area (Å²) in [6.45, 7) is 7.81. The Morgan fingerprint density at radius 2 is 1.78 bits per heavy atom. The Labute approximate surface area is 138 Å². The van der Waals surface area contributed by atoms with Gasteiger partial charge in [-0.2, -0.15) is 0 Å². The Morgan fingerprint density at radius 3 is 2.39 bits per heavy atom. The van der Waals surface area contributed by atoms with E-state index >= 15 is 0 Å². The first-order valence-electron chi connectivity index (χ1n) is 8.71. The summed E-state index contributed by atoms with van der Waals surface area (Å²) >= 11 is 0. The Bertz CT molecular complexity index is 677. The monoisotopic (exact) mass is 307 g/mol. The fourth-order valence-corrected chi connectivity index (χ4v) is 4.97. The van der Waals surface area contributed by atoms with Crippen LogP contribution in [0.3, 0.4) is 0 Å². The summed E-state index contributed by atoms with van der Waals surface area (Å²) in [7, 11) is 0. The Balaban J connectivity index is 1.51. The Morgan fingerprint density at radius 1 is 1.09 bits per heavy atom. The summed E-state index contributed by atoms with van der Waals surface area (Å²) in [6.07, 6.45) is 1.17. The van der Waals surface area contributed by atoms with Crippen molar-refractivity contribution in [3.05, 3.63) is 65.2 Å². The first kappa shape index (κ1) is 14.8. The number of phenolic OH excluding ortho intramolecular Hbond substituents is 1. The standard InChI is InChI=1S/C21H25NO/c1-3-21(17-9-15(2)10-18(23)11-17)19-13-22(14-20(19)21)12-16-7-5-4-6-8-16/h4-11,19-20,23H,3,12-14H2,1-2H3/t19-,20+,21+. The van der Waals surface area contributed by atoms with Crippen molar-refractivity contribution in [2.75, 3.05) is 13.1 Å². The number of aromatic hydroxyl groups is 1. The van der Waals surface area contributed by atoms with E-state index in [1.54, 1.807) is 0 Å². The van der Waals surface area contributed by atoms with Crippen molar-refractivity contribution < 1.29 is 5.11 Å². The summed E-state index contributed by atoms with van der Waals surface area (Å²) in [5, 5.41) is 9.98. The van der Waals surface area contributed by atoms with E-state index in [0.29, 0.717) is 11.2 Å². The van der Waals surface area contributed by atoms with Crippen LogP contribution in [0.2, 0.25) is 0 Å². The van der Waals surface area contributed by atoms with E-state index in [4.69, 9.17) is 0 Å². The van der Waals surface area contributed by atoms with E-state index in [1.807, 2.05) is 12.1 Å². The molecule has 120 valence electrons. The van der Waals surface area contributed by atoms with Gasteiger partial charge in [0.15, 0.2) is 0 Å². The molecule has 2 aliphatic rings. The lowest BCUT2D eigenvalue weighted by molar-refractivity contribution is 0.262. The Kier molecular flexibility index (Phi) is 3.46. The van der Waals surface area contributed by atoms with Gasteiger partial charge in [-0.15, -0.1) is 0 Å². The molecule has 0 amide bonds. The molecule has 0 radical (unpaired) electrons. The van der Waals surface area contributed by atoms with Crippen molar-refractivity contribution >= 4 is 0 Å². The number of fused-ring (bicyclic) bond motifs is 1. The molecule has 1 aliphatic heterocycles. The van der Waals surface area contributed by atoms with Crippen molar-refractivity contribution in [1.82, 2.24) is 4.90 Å². The number of likely N-dealkylation sites (tertiary alicyclic amines) is 1. The number of piperidine rings is 1. The minimum absolute atomic E-state index is 0.302. The van der Waals surface area contributed by atoms with Crippen LogP contribution in [0.25, 0.3) is 0 Å². The molecule has 1 saturated carbocycles. The van der Waals surface area contributed by atoms with E-state index in [1.165, 1.54) is 36.2 Å². The van der Waals surface area contributed by atoms with Gasteiger partial charge in [-0.05, 0) is 54.0 Å². The molecule has 1 aliphatic carbocycles. The zero-order chi connectivity index (χ0) is 16.0. The predicted octanol–water partition coefficient (Wildman–Crippen LogP) is 4.11. The van der Waals surface area contributed by atoms with Gasteiger partial charge in [0.2, 0.25) is 0 Å². The number of aryl methyl sites for hydroxylation is 1. The van der Waals surface area contributed by atoms with Crippen LogP contribution in [0.4, 0.5) is 0 Å². The largest absolute Gasteiger partial charge is 0.508 e. The number of rotatable bonds is 4. The number of benzene rings is 2. The van der Waals surface area contributed by atoms with E-state index in [-0.39, 0.29) is 0 Å². The highest BCUT2D eigenvalue weighted by Crippen LogP contribution is 2.65. The second kappa shape index (κ2) is 5.38. The van der Waals surface area contributed by atoms with Crippen LogP contribution in [-0.4, -0.2) is 23.1 Å². The zero-order valence-corrected chi connectivity index (χ0v) is 14.0. The molecule has 4 rings (SSSR count). The number of hydrogen-bond donors (Lipinski definition) is 1. The van der Waals surface area contributed by atoms with E-state index in [2.05, 4.69) is 55.1 Å². The van der Waals surface area contributed by atoms with Crippen LogP contribution in [0.15, 0.2) is 48.5 Å². The normalized spacial score (nSPS) is 29.5. The molecule has 2 fully saturated rings. The third-order valence-corrected chi connectivity index (χ3v) is 6.04. The van der Waals surface area contributed by atoms with Gasteiger partial charge >= 0.3 is 0 Å². The molecular formula is C21H25NO. The maximum absolute atomic E-state index is 9.98. The van der Waals surface area contributed by atoms with Crippen LogP contribution in [-0.2, 0) is 12.0 Å². The van der Waals surface area contributed by atoms with Gasteiger partial charge in [0.05, 0.1) is 0 Å². The lowest BCUT2D eigenvalue weighted by Gasteiger charge is -2.27. The van der Waals surface area contributed by atoms with Gasteiger partial charge in [0.25, 0.3) is 0 Å². The highest BCUT2D eigenvalue weighted by molar-refractivity contribution is 5.44. The summed E-state index contributed by atoms with van der Waals surface area (Å²) in [5.41, 5.74) is 4.23. The highest BCUT2D eigenvalue weighted by atomic mass is 16.3. The van der Waals surface area contributed by atoms with Crippen LogP contribution < -0.4 is 0 Å². The van der Waals surface area contributed by atoms with Crippen LogP contribution in [0.1, 0.15) is 30.0 Å². The van der Waals surface area contributed by atoms with Gasteiger partial charge in [-0.3, -0.25) is 4.90 Å². The van der Waals surface area contributed by atoms with Crippen LogP contribution >= 0.6 is 0 Å². The van der Waals surface area contributed by atoms with Crippen LogP contribution in [0, 0.1) is 18.8 Å². The van der Waals surface area contributed by atoms with Crippen molar-refractivity contribution in [1.29, 1.82) is 0 Å². The minimum Gasteiger partial charge on any atom is -0.508 e. The van der Waals surface area contributed by atoms with Gasteiger partial charge in [-0.1, -0.05) is 43.3 Å². The lowest BCUT2D eigenvalue weighted by atomic mass is 9.86. The first-order chi connectivity index (χ1) is 11.1. The quantitative estimate of drug-likeness (QED) is 0.919. The molecule has 2 heteroatoms. The molecule has 2 aromatic carbocycles. The summed E-state index contributed by atoms with van der Waals surface area (Å²) in [5.74, 6) is 1.91. The second-order valence-electron chi connectivity index (χ2n) is 7.34. The molecular weight excluding hydrogens is 282 g/mol. The van der Waals surface area contributed by atoms with E-state index < -0.39 is 0 Å². The third kappa shape index (κ3) is 2.36. The zero-order valence-electron chi connectivity index (χ0n) is 14.0. The number of hydrogen-bond acceptors (Lipinski definition) is 2. The number of phenols is 1. The van der Waals surface area contributed by atoms with E-state index in [9.17, 15) is 5.11 Å². The maximum atomic E-state index is 9.98. The third-order valence-electron chi connectivity index (χ3n) is 6.04. The minimum atomic E-state index is 0.302. The smallest absolute Gasteiger partial charge is 0.116 e.